The second-order valence-corrected chi connectivity index (χ2v) is 3.70. The van der Waals surface area contributed by atoms with Crippen molar-refractivity contribution in [2.75, 3.05) is 0 Å². The van der Waals surface area contributed by atoms with E-state index in [4.69, 9.17) is 8.05 Å². The van der Waals surface area contributed by atoms with Gasteiger partial charge in [0, 0.05) is 12.3 Å². The topological polar surface area (TPSA) is 61.2 Å². The number of halogens is 1. The third kappa shape index (κ3) is 2.70. The Hall–Kier alpha value is -2.44. The summed E-state index contributed by atoms with van der Waals surface area (Å²) in [4.78, 5) is 23.4. The van der Waals surface area contributed by atoms with Crippen LogP contribution in [0, 0.1) is 5.82 Å². The first-order valence-corrected chi connectivity index (χ1v) is 5.33. The number of benzene rings is 1. The summed E-state index contributed by atoms with van der Waals surface area (Å²) in [6, 6.07) is 6.58. The first-order valence-electron chi connectivity index (χ1n) is 5.33. The maximum atomic E-state index is 12.9. The molecule has 0 spiro atoms. The van der Waals surface area contributed by atoms with E-state index in [2.05, 4.69) is 9.75 Å². The number of carbonyl (C=O) groups is 1. The Morgan fingerprint density at radius 3 is 2.58 bits per heavy atom. The zero-order chi connectivity index (χ0) is 13.8. The summed E-state index contributed by atoms with van der Waals surface area (Å²) < 4.78 is 18.0. The van der Waals surface area contributed by atoms with Crippen LogP contribution in [0.4, 0.5) is 4.39 Å². The van der Waals surface area contributed by atoms with Crippen LogP contribution in [-0.4, -0.2) is 23.8 Å². The maximum absolute atomic E-state index is 12.9. The molecule has 0 fully saturated rings. The van der Waals surface area contributed by atoms with Crippen molar-refractivity contribution in [1.29, 1.82) is 0 Å². The first kappa shape index (κ1) is 13.0. The summed E-state index contributed by atoms with van der Waals surface area (Å²) in [5.74, 6) is -1.33. The molecule has 0 saturated carbocycles. The molecule has 1 aromatic carbocycles. The lowest BCUT2D eigenvalue weighted by Gasteiger charge is -2.16. The van der Waals surface area contributed by atoms with Gasteiger partial charge in [-0.2, -0.15) is 5.10 Å². The normalized spacial score (nSPS) is 11.8. The van der Waals surface area contributed by atoms with Gasteiger partial charge in [0.15, 0.2) is 6.04 Å². The minimum atomic E-state index is -1.15. The van der Waals surface area contributed by atoms with Crippen LogP contribution in [0.3, 0.4) is 0 Å². The lowest BCUT2D eigenvalue weighted by Crippen LogP contribution is -2.32. The molecular formula is C12H8BFN2O3. The highest BCUT2D eigenvalue weighted by atomic mass is 19.1. The van der Waals surface area contributed by atoms with Crippen LogP contribution < -0.4 is 5.56 Å². The van der Waals surface area contributed by atoms with E-state index < -0.39 is 23.4 Å². The maximum Gasteiger partial charge on any atom is 0.378 e. The molecule has 94 valence electrons. The van der Waals surface area contributed by atoms with E-state index in [0.717, 1.165) is 4.68 Å². The lowest BCUT2D eigenvalue weighted by molar-refractivity contribution is -0.136. The SMILES string of the molecule is [B]OC(=O)C(c1ccc(F)cc1)n1ncccc1=O. The third-order valence-corrected chi connectivity index (χ3v) is 2.51. The van der Waals surface area contributed by atoms with Gasteiger partial charge in [0.1, 0.15) is 5.82 Å². The molecule has 2 aromatic rings. The van der Waals surface area contributed by atoms with Crippen molar-refractivity contribution in [3.63, 3.8) is 0 Å². The Kier molecular flexibility index (Phi) is 3.75. The molecule has 5 nitrogen and oxygen atoms in total. The molecule has 2 radical (unpaired) electrons. The first-order chi connectivity index (χ1) is 9.13. The quantitative estimate of drug-likeness (QED) is 0.756. The van der Waals surface area contributed by atoms with E-state index in [9.17, 15) is 14.0 Å². The molecule has 1 heterocycles. The van der Waals surface area contributed by atoms with Gasteiger partial charge in [-0.3, -0.25) is 9.59 Å². The second kappa shape index (κ2) is 5.47. The van der Waals surface area contributed by atoms with Crippen LogP contribution in [0.15, 0.2) is 47.4 Å². The number of hydrogen-bond acceptors (Lipinski definition) is 4. The van der Waals surface area contributed by atoms with Crippen molar-refractivity contribution in [3.8, 4) is 0 Å². The molecule has 0 amide bonds. The van der Waals surface area contributed by atoms with Gasteiger partial charge in [-0.1, -0.05) is 12.1 Å². The van der Waals surface area contributed by atoms with Crippen molar-refractivity contribution < 1.29 is 13.8 Å². The molecule has 19 heavy (non-hydrogen) atoms. The van der Waals surface area contributed by atoms with Crippen LogP contribution in [0.25, 0.3) is 0 Å². The van der Waals surface area contributed by atoms with E-state index in [1.54, 1.807) is 0 Å². The number of carbonyl (C=O) groups excluding carboxylic acids is 1. The number of hydrogen-bond donors (Lipinski definition) is 0. The predicted octanol–water partition coefficient (Wildman–Crippen LogP) is 0.598. The lowest BCUT2D eigenvalue weighted by atomic mass is 10.1. The highest BCUT2D eigenvalue weighted by Crippen LogP contribution is 2.17. The standard InChI is InChI=1S/C12H8BFN2O3/c13-19-12(18)11(8-3-5-9(14)6-4-8)16-10(17)2-1-7-15-16/h1-7,11H. The molecule has 2 rings (SSSR count). The average molecular weight is 258 g/mol. The van der Waals surface area contributed by atoms with Crippen molar-refractivity contribution in [2.45, 2.75) is 6.04 Å². The van der Waals surface area contributed by atoms with E-state index >= 15 is 0 Å². The Bertz CT molecular complexity index is 642. The number of nitrogens with zero attached hydrogens (tertiary/aromatic N) is 2. The molecule has 0 aliphatic rings. The van der Waals surface area contributed by atoms with Crippen molar-refractivity contribution in [3.05, 3.63) is 64.3 Å². The van der Waals surface area contributed by atoms with Gasteiger partial charge in [0.05, 0.1) is 0 Å². The Balaban J connectivity index is 2.54. The van der Waals surface area contributed by atoms with Gasteiger partial charge < -0.3 is 4.65 Å². The summed E-state index contributed by atoms with van der Waals surface area (Å²) in [5.41, 5.74) is -0.153. The van der Waals surface area contributed by atoms with Crippen LogP contribution in [0.5, 0.6) is 0 Å². The predicted molar refractivity (Wildman–Crippen MR) is 64.9 cm³/mol. The summed E-state index contributed by atoms with van der Waals surface area (Å²) in [5, 5.41) is 3.80. The molecular weight excluding hydrogens is 250 g/mol. The van der Waals surface area contributed by atoms with Gasteiger partial charge in [-0.15, -0.1) is 0 Å². The average Bonchev–Trinajstić information content (AvgIpc) is 2.43. The Labute approximate surface area is 109 Å². The highest BCUT2D eigenvalue weighted by Gasteiger charge is 2.24. The Morgan fingerprint density at radius 1 is 1.32 bits per heavy atom. The molecule has 0 saturated heterocycles. The van der Waals surface area contributed by atoms with Crippen LogP contribution in [0.1, 0.15) is 11.6 Å². The van der Waals surface area contributed by atoms with Crippen LogP contribution >= 0.6 is 0 Å². The van der Waals surface area contributed by atoms with Gasteiger partial charge in [-0.05, 0) is 23.8 Å². The van der Waals surface area contributed by atoms with E-state index in [-0.39, 0.29) is 0 Å². The molecule has 0 N–H and O–H groups in total. The molecule has 1 unspecified atom stereocenters. The van der Waals surface area contributed by atoms with Crippen LogP contribution in [-0.2, 0) is 9.45 Å². The summed E-state index contributed by atoms with van der Waals surface area (Å²) in [7, 11) is 4.86. The molecule has 0 aliphatic carbocycles. The van der Waals surface area contributed by atoms with Crippen LogP contribution in [0.2, 0.25) is 0 Å². The third-order valence-electron chi connectivity index (χ3n) is 2.51. The smallest absolute Gasteiger partial charge is 0.378 e. The van der Waals surface area contributed by atoms with Gasteiger partial charge in [-0.25, -0.2) is 9.07 Å². The fourth-order valence-electron chi connectivity index (χ4n) is 1.65. The number of aromatic nitrogens is 2. The van der Waals surface area contributed by atoms with Crippen molar-refractivity contribution in [1.82, 2.24) is 9.78 Å². The molecule has 7 heteroatoms. The molecule has 1 aromatic heterocycles. The second-order valence-electron chi connectivity index (χ2n) is 3.70. The van der Waals surface area contributed by atoms with Gasteiger partial charge in [0.2, 0.25) is 0 Å². The molecule has 0 bridgehead atoms. The van der Waals surface area contributed by atoms with Gasteiger partial charge >= 0.3 is 14.0 Å². The minimum absolute atomic E-state index is 0.345. The molecule has 0 aliphatic heterocycles. The Morgan fingerprint density at radius 2 is 2.00 bits per heavy atom. The van der Waals surface area contributed by atoms with E-state index in [1.165, 1.54) is 42.6 Å². The fraction of sp³-hybridized carbons (Fsp3) is 0.0833. The summed E-state index contributed by atoms with van der Waals surface area (Å²) >= 11 is 0. The molecule has 1 atom stereocenters. The largest absolute Gasteiger partial charge is 0.542 e. The van der Waals surface area contributed by atoms with Crippen molar-refractivity contribution in [2.24, 2.45) is 0 Å². The monoisotopic (exact) mass is 258 g/mol. The zero-order valence-corrected chi connectivity index (χ0v) is 9.69. The minimum Gasteiger partial charge on any atom is -0.542 e. The van der Waals surface area contributed by atoms with E-state index in [0.29, 0.717) is 5.56 Å². The van der Waals surface area contributed by atoms with E-state index in [1.807, 2.05) is 0 Å². The fourth-order valence-corrected chi connectivity index (χ4v) is 1.65. The number of rotatable bonds is 3. The summed E-state index contributed by atoms with van der Waals surface area (Å²) in [6.07, 6.45) is 1.35. The zero-order valence-electron chi connectivity index (χ0n) is 9.69. The highest BCUT2D eigenvalue weighted by molar-refractivity contribution is 6.06. The van der Waals surface area contributed by atoms with Crippen molar-refractivity contribution >= 4 is 14.0 Å². The summed E-state index contributed by atoms with van der Waals surface area (Å²) in [6.45, 7) is 0. The van der Waals surface area contributed by atoms with Gasteiger partial charge in [0.25, 0.3) is 5.56 Å².